The molecule has 0 bridgehead atoms. The number of benzene rings is 2. The third-order valence-electron chi connectivity index (χ3n) is 5.25. The largest absolute Gasteiger partial charge is 0.350 e. The molecule has 0 unspecified atom stereocenters. The topological polar surface area (TPSA) is 86.8 Å². The van der Waals surface area contributed by atoms with Crippen LogP contribution < -0.4 is 9.62 Å². The summed E-state index contributed by atoms with van der Waals surface area (Å²) >= 11 is 6.03. The van der Waals surface area contributed by atoms with Crippen molar-refractivity contribution in [2.45, 2.75) is 59.7 Å². The van der Waals surface area contributed by atoms with E-state index < -0.39 is 34.1 Å². The van der Waals surface area contributed by atoms with Crippen molar-refractivity contribution in [3.05, 3.63) is 64.2 Å². The van der Waals surface area contributed by atoms with E-state index in [1.807, 2.05) is 52.0 Å². The highest BCUT2D eigenvalue weighted by Gasteiger charge is 2.31. The summed E-state index contributed by atoms with van der Waals surface area (Å²) in [6.07, 6.45) is 1.05. The Labute approximate surface area is 208 Å². The maximum Gasteiger partial charge on any atom is 0.244 e. The number of aryl methyl sites for hydroxylation is 2. The number of carbonyl (C=O) groups excluding carboxylic acids is 2. The quantitative estimate of drug-likeness (QED) is 0.583. The van der Waals surface area contributed by atoms with Crippen LogP contribution in [0.2, 0.25) is 5.02 Å². The van der Waals surface area contributed by atoms with Crippen LogP contribution in [-0.4, -0.2) is 49.5 Å². The highest BCUT2D eigenvalue weighted by atomic mass is 35.5. The molecule has 34 heavy (non-hydrogen) atoms. The van der Waals surface area contributed by atoms with Gasteiger partial charge in [-0.3, -0.25) is 13.9 Å². The molecule has 186 valence electrons. The molecule has 7 nitrogen and oxygen atoms in total. The van der Waals surface area contributed by atoms with Crippen molar-refractivity contribution in [3.63, 3.8) is 0 Å². The molecule has 2 rings (SSSR count). The lowest BCUT2D eigenvalue weighted by Gasteiger charge is -2.33. The molecule has 2 amide bonds. The molecule has 1 N–H and O–H groups in total. The van der Waals surface area contributed by atoms with E-state index in [4.69, 9.17) is 11.6 Å². The Morgan fingerprint density at radius 2 is 1.65 bits per heavy atom. The van der Waals surface area contributed by atoms with Crippen LogP contribution in [0, 0.1) is 13.8 Å². The van der Waals surface area contributed by atoms with E-state index in [1.54, 1.807) is 32.0 Å². The second-order valence-corrected chi connectivity index (χ2v) is 12.0. The number of hydrogen-bond donors (Lipinski definition) is 1. The first-order chi connectivity index (χ1) is 15.6. The Kier molecular flexibility index (Phi) is 8.77. The molecule has 2 aromatic rings. The van der Waals surface area contributed by atoms with Gasteiger partial charge >= 0.3 is 0 Å². The monoisotopic (exact) mass is 507 g/mol. The van der Waals surface area contributed by atoms with Crippen molar-refractivity contribution in [1.29, 1.82) is 0 Å². The lowest BCUT2D eigenvalue weighted by molar-refractivity contribution is -0.140. The van der Waals surface area contributed by atoms with Crippen LogP contribution in [0.15, 0.2) is 42.5 Å². The third kappa shape index (κ3) is 7.74. The normalized spacial score (nSPS) is 12.7. The SMILES string of the molecule is Cc1ccc(CN(C(=O)CN(c2ccc(Cl)cc2C)S(C)(=O)=O)[C@H](C)C(=O)NC(C)(C)C)cc1. The van der Waals surface area contributed by atoms with Crippen LogP contribution in [0.3, 0.4) is 0 Å². The van der Waals surface area contributed by atoms with Crippen LogP contribution in [0.4, 0.5) is 5.69 Å². The van der Waals surface area contributed by atoms with E-state index >= 15 is 0 Å². The molecule has 0 saturated carbocycles. The Morgan fingerprint density at radius 3 is 2.15 bits per heavy atom. The number of sulfonamides is 1. The molecule has 1 atom stereocenters. The van der Waals surface area contributed by atoms with Crippen molar-refractivity contribution in [3.8, 4) is 0 Å². The first-order valence-corrected chi connectivity index (χ1v) is 13.2. The number of amides is 2. The molecular weight excluding hydrogens is 474 g/mol. The first-order valence-electron chi connectivity index (χ1n) is 11.0. The van der Waals surface area contributed by atoms with E-state index in [0.717, 1.165) is 21.7 Å². The minimum atomic E-state index is -3.79. The summed E-state index contributed by atoms with van der Waals surface area (Å²) in [4.78, 5) is 27.9. The third-order valence-corrected chi connectivity index (χ3v) is 6.61. The predicted octanol–water partition coefficient (Wildman–Crippen LogP) is 4.05. The molecule has 0 aromatic heterocycles. The molecular formula is C25H34ClN3O4S. The summed E-state index contributed by atoms with van der Waals surface area (Å²) in [5.41, 5.74) is 2.41. The van der Waals surface area contributed by atoms with Gasteiger partial charge in [0.15, 0.2) is 0 Å². The standard InChI is InChI=1S/C25H34ClN3O4S/c1-17-8-10-20(11-9-17)15-28(19(3)24(31)27-25(4,5)6)23(30)16-29(34(7,32)33)22-13-12-21(26)14-18(22)2/h8-14,19H,15-16H2,1-7H3,(H,27,31)/t19-/m1/s1. The molecule has 0 fully saturated rings. The van der Waals surface area contributed by atoms with Gasteiger partial charge in [0.05, 0.1) is 11.9 Å². The van der Waals surface area contributed by atoms with Crippen molar-refractivity contribution >= 4 is 39.1 Å². The van der Waals surface area contributed by atoms with Crippen LogP contribution in [0.1, 0.15) is 44.4 Å². The Balaban J connectivity index is 2.43. The van der Waals surface area contributed by atoms with E-state index in [2.05, 4.69) is 5.32 Å². The number of nitrogens with one attached hydrogen (secondary N) is 1. The second-order valence-electron chi connectivity index (χ2n) is 9.62. The molecule has 0 aliphatic heterocycles. The van der Waals surface area contributed by atoms with E-state index in [0.29, 0.717) is 16.3 Å². The van der Waals surface area contributed by atoms with Gasteiger partial charge in [0.25, 0.3) is 0 Å². The van der Waals surface area contributed by atoms with Crippen LogP contribution >= 0.6 is 11.6 Å². The summed E-state index contributed by atoms with van der Waals surface area (Å²) in [6, 6.07) is 11.6. The number of halogens is 1. The van der Waals surface area contributed by atoms with Gasteiger partial charge in [0.2, 0.25) is 21.8 Å². The lowest BCUT2D eigenvalue weighted by Crippen LogP contribution is -2.54. The summed E-state index contributed by atoms with van der Waals surface area (Å²) in [5, 5.41) is 3.37. The predicted molar refractivity (Wildman–Crippen MR) is 137 cm³/mol. The second kappa shape index (κ2) is 10.8. The van der Waals surface area contributed by atoms with Crippen molar-refractivity contribution < 1.29 is 18.0 Å². The average molecular weight is 508 g/mol. The smallest absolute Gasteiger partial charge is 0.244 e. The van der Waals surface area contributed by atoms with E-state index in [1.165, 1.54) is 4.90 Å². The highest BCUT2D eigenvalue weighted by Crippen LogP contribution is 2.26. The fourth-order valence-corrected chi connectivity index (χ4v) is 4.57. The van der Waals surface area contributed by atoms with Crippen molar-refractivity contribution in [2.24, 2.45) is 0 Å². The zero-order valence-electron chi connectivity index (χ0n) is 20.8. The molecule has 0 heterocycles. The van der Waals surface area contributed by atoms with E-state index in [9.17, 15) is 18.0 Å². The Morgan fingerprint density at radius 1 is 1.06 bits per heavy atom. The number of anilines is 1. The number of rotatable bonds is 8. The summed E-state index contributed by atoms with van der Waals surface area (Å²) in [5.74, 6) is -0.807. The van der Waals surface area contributed by atoms with Gasteiger partial charge in [-0.2, -0.15) is 0 Å². The molecule has 0 radical (unpaired) electrons. The van der Waals surface area contributed by atoms with Crippen molar-refractivity contribution in [2.75, 3.05) is 17.1 Å². The summed E-state index contributed by atoms with van der Waals surface area (Å²) in [6.45, 7) is 10.6. The van der Waals surface area contributed by atoms with Gasteiger partial charge in [-0.25, -0.2) is 8.42 Å². The molecule has 0 spiro atoms. The van der Waals surface area contributed by atoms with Gasteiger partial charge in [-0.05, 0) is 70.9 Å². The molecule has 0 saturated heterocycles. The minimum absolute atomic E-state index is 0.162. The van der Waals surface area contributed by atoms with Gasteiger partial charge < -0.3 is 10.2 Å². The molecule has 2 aromatic carbocycles. The fourth-order valence-electron chi connectivity index (χ4n) is 3.44. The van der Waals surface area contributed by atoms with Crippen molar-refractivity contribution in [1.82, 2.24) is 10.2 Å². The summed E-state index contributed by atoms with van der Waals surface area (Å²) in [7, 11) is -3.79. The van der Waals surface area contributed by atoms with Crippen LogP contribution in [0.5, 0.6) is 0 Å². The minimum Gasteiger partial charge on any atom is -0.350 e. The molecule has 0 aliphatic rings. The lowest BCUT2D eigenvalue weighted by atomic mass is 10.1. The number of hydrogen-bond acceptors (Lipinski definition) is 4. The average Bonchev–Trinajstić information content (AvgIpc) is 2.69. The highest BCUT2D eigenvalue weighted by molar-refractivity contribution is 7.92. The summed E-state index contributed by atoms with van der Waals surface area (Å²) < 4.78 is 26.4. The van der Waals surface area contributed by atoms with Gasteiger partial charge in [0, 0.05) is 17.1 Å². The van der Waals surface area contributed by atoms with Gasteiger partial charge in [-0.15, -0.1) is 0 Å². The van der Waals surface area contributed by atoms with Gasteiger partial charge in [-0.1, -0.05) is 41.4 Å². The van der Waals surface area contributed by atoms with Gasteiger partial charge in [0.1, 0.15) is 12.6 Å². The van der Waals surface area contributed by atoms with Crippen LogP contribution in [0.25, 0.3) is 0 Å². The zero-order chi connectivity index (χ0) is 25.8. The van der Waals surface area contributed by atoms with E-state index in [-0.39, 0.29) is 12.5 Å². The Hall–Kier alpha value is -2.58. The fraction of sp³-hybridized carbons (Fsp3) is 0.440. The zero-order valence-corrected chi connectivity index (χ0v) is 22.4. The number of carbonyl (C=O) groups is 2. The first kappa shape index (κ1) is 27.7. The maximum atomic E-state index is 13.5. The molecule has 0 aliphatic carbocycles. The maximum absolute atomic E-state index is 13.5. The van der Waals surface area contributed by atoms with Crippen LogP contribution in [-0.2, 0) is 26.2 Å². The number of nitrogens with zero attached hydrogens (tertiary/aromatic N) is 2. The Bertz CT molecular complexity index is 1140. The molecule has 9 heteroatoms.